The van der Waals surface area contributed by atoms with Crippen molar-refractivity contribution in [2.45, 2.75) is 32.2 Å². The molecule has 0 radical (unpaired) electrons. The quantitative estimate of drug-likeness (QED) is 0.320. The molecule has 6 nitrogen and oxygen atoms in total. The lowest BCUT2D eigenvalue weighted by atomic mass is 9.90. The second kappa shape index (κ2) is 11.4. The van der Waals surface area contributed by atoms with Crippen molar-refractivity contribution < 1.29 is 9.59 Å². The van der Waals surface area contributed by atoms with Gasteiger partial charge in [0, 0.05) is 43.5 Å². The molecular weight excluding hydrogens is 460 g/mol. The van der Waals surface area contributed by atoms with Crippen LogP contribution in [0.4, 0.5) is 5.82 Å². The van der Waals surface area contributed by atoms with E-state index in [2.05, 4.69) is 52.7 Å². The van der Waals surface area contributed by atoms with Gasteiger partial charge in [0.15, 0.2) is 0 Å². The number of nitrogens with one attached hydrogen (secondary N) is 1. The van der Waals surface area contributed by atoms with E-state index in [0.717, 1.165) is 55.6 Å². The highest BCUT2D eigenvalue weighted by molar-refractivity contribution is 6.02. The lowest BCUT2D eigenvalue weighted by molar-refractivity contribution is 0.0908. The molecule has 2 heterocycles. The van der Waals surface area contributed by atoms with Gasteiger partial charge >= 0.3 is 0 Å². The number of benzene rings is 3. The lowest BCUT2D eigenvalue weighted by Gasteiger charge is -2.34. The predicted molar refractivity (Wildman–Crippen MR) is 149 cm³/mol. The molecular formula is C31H34N4O2. The number of hydrogen-bond donors (Lipinski definition) is 2. The zero-order valence-electron chi connectivity index (χ0n) is 21.1. The molecule has 5 rings (SSSR count). The Kier molecular flexibility index (Phi) is 7.66. The van der Waals surface area contributed by atoms with Gasteiger partial charge in [0.25, 0.3) is 0 Å². The smallest absolute Gasteiger partial charge is 0.248 e. The normalized spacial score (nSPS) is 14.2. The average Bonchev–Trinajstić information content (AvgIpc) is 3.31. The summed E-state index contributed by atoms with van der Waals surface area (Å²) in [5.41, 5.74) is 9.38. The van der Waals surface area contributed by atoms with Crippen LogP contribution in [0.15, 0.2) is 84.9 Å². The van der Waals surface area contributed by atoms with E-state index in [0.29, 0.717) is 24.4 Å². The van der Waals surface area contributed by atoms with Gasteiger partial charge in [0.1, 0.15) is 5.82 Å². The van der Waals surface area contributed by atoms with Gasteiger partial charge in [-0.3, -0.25) is 14.2 Å². The van der Waals surface area contributed by atoms with Crippen LogP contribution in [-0.4, -0.2) is 36.0 Å². The van der Waals surface area contributed by atoms with Gasteiger partial charge in [-0.1, -0.05) is 60.7 Å². The fourth-order valence-corrected chi connectivity index (χ4v) is 5.30. The minimum absolute atomic E-state index is 0.0452. The van der Waals surface area contributed by atoms with Crippen molar-refractivity contribution in [2.24, 2.45) is 11.7 Å². The molecule has 0 spiro atoms. The first-order chi connectivity index (χ1) is 18.1. The third kappa shape index (κ3) is 5.92. The van der Waals surface area contributed by atoms with Crippen molar-refractivity contribution in [3.63, 3.8) is 0 Å². The molecule has 0 saturated carbocycles. The van der Waals surface area contributed by atoms with E-state index in [9.17, 15) is 9.59 Å². The van der Waals surface area contributed by atoms with Gasteiger partial charge in [-0.2, -0.15) is 0 Å². The third-order valence-corrected chi connectivity index (χ3v) is 7.31. The highest BCUT2D eigenvalue weighted by Gasteiger charge is 2.25. The first-order valence-corrected chi connectivity index (χ1v) is 13.1. The molecule has 1 aromatic heterocycles. The summed E-state index contributed by atoms with van der Waals surface area (Å²) in [6.45, 7) is 3.11. The maximum absolute atomic E-state index is 13.5. The van der Waals surface area contributed by atoms with E-state index < -0.39 is 5.91 Å². The number of nitrogens with zero attached hydrogens (tertiary/aromatic N) is 2. The molecule has 1 aliphatic rings. The highest BCUT2D eigenvalue weighted by Crippen LogP contribution is 2.32. The lowest BCUT2D eigenvalue weighted by Crippen LogP contribution is -2.36. The third-order valence-electron chi connectivity index (χ3n) is 7.31. The number of primary amides is 1. The standard InChI is InChI=1S/C31H34N4O2/c32-31(37)26-11-12-28-27(20-26)21-29(34-17-14-24(15-18-34)19-23-7-3-1-4-8-23)35(28)30(36)13-16-33-22-25-9-5-2-6-10-25/h1-12,20-21,24,33H,13-19,22H2,(H2,32,37). The Labute approximate surface area is 218 Å². The minimum Gasteiger partial charge on any atom is -0.366 e. The molecule has 1 amide bonds. The molecule has 37 heavy (non-hydrogen) atoms. The number of fused-ring (bicyclic) bond motifs is 1. The van der Waals surface area contributed by atoms with Crippen LogP contribution in [-0.2, 0) is 13.0 Å². The molecule has 0 bridgehead atoms. The van der Waals surface area contributed by atoms with Crippen LogP contribution >= 0.6 is 0 Å². The number of hydrogen-bond acceptors (Lipinski definition) is 4. The van der Waals surface area contributed by atoms with Crippen molar-refractivity contribution in [1.82, 2.24) is 9.88 Å². The molecule has 0 aliphatic carbocycles. The number of carbonyl (C=O) groups excluding carboxylic acids is 2. The largest absolute Gasteiger partial charge is 0.366 e. The highest BCUT2D eigenvalue weighted by atomic mass is 16.2. The van der Waals surface area contributed by atoms with E-state index in [4.69, 9.17) is 5.73 Å². The van der Waals surface area contributed by atoms with Crippen LogP contribution in [0.2, 0.25) is 0 Å². The second-order valence-corrected chi connectivity index (χ2v) is 9.90. The van der Waals surface area contributed by atoms with Gasteiger partial charge in [-0.05, 0) is 60.6 Å². The van der Waals surface area contributed by atoms with Gasteiger partial charge in [-0.25, -0.2) is 0 Å². The van der Waals surface area contributed by atoms with E-state index >= 15 is 0 Å². The molecule has 1 saturated heterocycles. The Balaban J connectivity index is 1.31. The van der Waals surface area contributed by atoms with Crippen LogP contribution in [0.5, 0.6) is 0 Å². The summed E-state index contributed by atoms with van der Waals surface area (Å²) in [5.74, 6) is 1.12. The van der Waals surface area contributed by atoms with Gasteiger partial charge in [-0.15, -0.1) is 0 Å². The Morgan fingerprint density at radius 3 is 2.22 bits per heavy atom. The molecule has 6 heteroatoms. The fraction of sp³-hybridized carbons (Fsp3) is 0.290. The van der Waals surface area contributed by atoms with Crippen molar-refractivity contribution >= 4 is 28.5 Å². The predicted octanol–water partition coefficient (Wildman–Crippen LogP) is 5.02. The molecule has 0 atom stereocenters. The average molecular weight is 495 g/mol. The first kappa shape index (κ1) is 24.8. The van der Waals surface area contributed by atoms with Gasteiger partial charge in [0.2, 0.25) is 11.8 Å². The molecule has 3 N–H and O–H groups in total. The number of rotatable bonds is 9. The molecule has 1 aliphatic heterocycles. The van der Waals surface area contributed by atoms with Crippen LogP contribution in [0, 0.1) is 5.92 Å². The monoisotopic (exact) mass is 494 g/mol. The maximum atomic E-state index is 13.5. The van der Waals surface area contributed by atoms with Crippen molar-refractivity contribution in [3.8, 4) is 0 Å². The molecule has 0 unspecified atom stereocenters. The van der Waals surface area contributed by atoms with E-state index in [1.807, 2.05) is 34.9 Å². The van der Waals surface area contributed by atoms with E-state index in [-0.39, 0.29) is 5.91 Å². The SMILES string of the molecule is NC(=O)c1ccc2c(c1)cc(N1CCC(Cc3ccccc3)CC1)n2C(=O)CCNCc1ccccc1. The summed E-state index contributed by atoms with van der Waals surface area (Å²) in [5, 5.41) is 4.25. The number of aromatic nitrogens is 1. The minimum atomic E-state index is -0.464. The summed E-state index contributed by atoms with van der Waals surface area (Å²) in [6, 6.07) is 28.2. The Hall–Kier alpha value is -3.90. The van der Waals surface area contributed by atoms with Crippen molar-refractivity contribution in [3.05, 3.63) is 102 Å². The molecule has 190 valence electrons. The van der Waals surface area contributed by atoms with Crippen LogP contribution in [0.3, 0.4) is 0 Å². The topological polar surface area (TPSA) is 80.4 Å². The number of carbonyl (C=O) groups is 2. The second-order valence-electron chi connectivity index (χ2n) is 9.90. The Morgan fingerprint density at radius 2 is 1.54 bits per heavy atom. The van der Waals surface area contributed by atoms with E-state index in [1.54, 1.807) is 12.1 Å². The maximum Gasteiger partial charge on any atom is 0.248 e. The molecule has 3 aromatic carbocycles. The summed E-state index contributed by atoms with van der Waals surface area (Å²) >= 11 is 0. The molecule has 1 fully saturated rings. The number of amides is 1. The van der Waals surface area contributed by atoms with Crippen LogP contribution in [0.25, 0.3) is 10.9 Å². The van der Waals surface area contributed by atoms with Crippen LogP contribution < -0.4 is 16.0 Å². The Bertz CT molecular complexity index is 1360. The Morgan fingerprint density at radius 1 is 0.865 bits per heavy atom. The number of nitrogens with two attached hydrogens (primary N) is 1. The summed E-state index contributed by atoms with van der Waals surface area (Å²) in [4.78, 5) is 27.6. The van der Waals surface area contributed by atoms with Crippen LogP contribution in [0.1, 0.15) is 45.5 Å². The fourth-order valence-electron chi connectivity index (χ4n) is 5.30. The number of anilines is 1. The first-order valence-electron chi connectivity index (χ1n) is 13.1. The zero-order valence-corrected chi connectivity index (χ0v) is 21.1. The van der Waals surface area contributed by atoms with E-state index in [1.165, 1.54) is 11.1 Å². The van der Waals surface area contributed by atoms with Gasteiger partial charge in [0.05, 0.1) is 5.52 Å². The van der Waals surface area contributed by atoms with Gasteiger partial charge < -0.3 is 16.0 Å². The summed E-state index contributed by atoms with van der Waals surface area (Å²) in [7, 11) is 0. The number of piperidine rings is 1. The summed E-state index contributed by atoms with van der Waals surface area (Å²) < 4.78 is 1.84. The van der Waals surface area contributed by atoms with Crippen molar-refractivity contribution in [2.75, 3.05) is 24.5 Å². The zero-order chi connectivity index (χ0) is 25.6. The van der Waals surface area contributed by atoms with Crippen molar-refractivity contribution in [1.29, 1.82) is 0 Å². The molecule has 4 aromatic rings. The summed E-state index contributed by atoms with van der Waals surface area (Å²) in [6.07, 6.45) is 3.63.